The van der Waals surface area contributed by atoms with E-state index in [9.17, 15) is 26.4 Å². The number of halogens is 3. The zero-order chi connectivity index (χ0) is 23.4. The lowest BCUT2D eigenvalue weighted by molar-refractivity contribution is -0.137. The number of hydrogen-bond donors (Lipinski definition) is 2. The van der Waals surface area contributed by atoms with Crippen LogP contribution in [0.25, 0.3) is 0 Å². The molecule has 12 heteroatoms. The molecule has 0 saturated carbocycles. The van der Waals surface area contributed by atoms with Crippen LogP contribution in [-0.2, 0) is 21.0 Å². The summed E-state index contributed by atoms with van der Waals surface area (Å²) in [6.45, 7) is 3.37. The number of pyridine rings is 1. The maximum atomic E-state index is 12.6. The molecule has 8 nitrogen and oxygen atoms in total. The Morgan fingerprint density at radius 2 is 1.81 bits per heavy atom. The van der Waals surface area contributed by atoms with Gasteiger partial charge >= 0.3 is 6.18 Å². The number of benzene rings is 1. The number of amides is 1. The highest BCUT2D eigenvalue weighted by Gasteiger charge is 2.31. The number of carbonyl (C=O) groups excluding carboxylic acids is 1. The predicted molar refractivity (Wildman–Crippen MR) is 109 cm³/mol. The molecule has 0 aliphatic rings. The molecule has 0 aliphatic carbocycles. The van der Waals surface area contributed by atoms with Crippen molar-refractivity contribution >= 4 is 21.6 Å². The zero-order valence-electron chi connectivity index (χ0n) is 17.1. The lowest BCUT2D eigenvalue weighted by Gasteiger charge is -2.27. The van der Waals surface area contributed by atoms with Crippen molar-refractivity contribution < 1.29 is 31.1 Å². The average Bonchev–Trinajstić information content (AvgIpc) is 2.64. The van der Waals surface area contributed by atoms with E-state index < -0.39 is 33.7 Å². The molecular formula is C19H23F3N4O4S. The van der Waals surface area contributed by atoms with Gasteiger partial charge in [0.1, 0.15) is 11.8 Å². The Kier molecular flexibility index (Phi) is 7.49. The van der Waals surface area contributed by atoms with Gasteiger partial charge in [-0.1, -0.05) is 13.8 Å². The summed E-state index contributed by atoms with van der Waals surface area (Å²) < 4.78 is 68.8. The van der Waals surface area contributed by atoms with Crippen LogP contribution in [0.4, 0.5) is 18.9 Å². The molecule has 0 unspecified atom stereocenters. The fourth-order valence-electron chi connectivity index (χ4n) is 2.63. The molecule has 31 heavy (non-hydrogen) atoms. The number of carbonyl (C=O) groups is 1. The van der Waals surface area contributed by atoms with E-state index in [4.69, 9.17) is 10.5 Å². The van der Waals surface area contributed by atoms with E-state index in [0.29, 0.717) is 6.20 Å². The van der Waals surface area contributed by atoms with Crippen LogP contribution < -0.4 is 20.1 Å². The van der Waals surface area contributed by atoms with Gasteiger partial charge in [0, 0.05) is 18.3 Å². The molecule has 1 aromatic carbocycles. The number of nitrogens with one attached hydrogen (secondary N) is 1. The van der Waals surface area contributed by atoms with E-state index in [1.807, 2.05) is 0 Å². The first-order valence-electron chi connectivity index (χ1n) is 9.11. The van der Waals surface area contributed by atoms with Crippen molar-refractivity contribution in [3.63, 3.8) is 0 Å². The molecule has 2 rings (SSSR count). The SMILES string of the molecule is CC(C)N[C@@H](CN(c1ccc(Oc2ccc(C(F)(F)F)cn2)cc1)S(C)(=O)=O)C(N)=O. The van der Waals surface area contributed by atoms with Crippen LogP contribution in [0.5, 0.6) is 11.6 Å². The van der Waals surface area contributed by atoms with Crippen molar-refractivity contribution in [3.8, 4) is 11.6 Å². The van der Waals surface area contributed by atoms with Crippen molar-refractivity contribution in [2.45, 2.75) is 32.1 Å². The molecule has 1 heterocycles. The molecule has 0 bridgehead atoms. The van der Waals surface area contributed by atoms with E-state index in [-0.39, 0.29) is 29.9 Å². The third-order valence-corrected chi connectivity index (χ3v) is 5.20. The van der Waals surface area contributed by atoms with Crippen LogP contribution in [0.1, 0.15) is 19.4 Å². The third-order valence-electron chi connectivity index (χ3n) is 4.04. The lowest BCUT2D eigenvalue weighted by Crippen LogP contribution is -2.52. The summed E-state index contributed by atoms with van der Waals surface area (Å²) in [5.41, 5.74) is 4.73. The summed E-state index contributed by atoms with van der Waals surface area (Å²) in [7, 11) is -3.75. The van der Waals surface area contributed by atoms with Crippen molar-refractivity contribution in [1.82, 2.24) is 10.3 Å². The molecule has 3 N–H and O–H groups in total. The molecule has 170 valence electrons. The highest BCUT2D eigenvalue weighted by atomic mass is 32.2. The Labute approximate surface area is 178 Å². The minimum atomic E-state index is -4.50. The minimum absolute atomic E-state index is 0.0596. The highest BCUT2D eigenvalue weighted by molar-refractivity contribution is 7.92. The molecule has 0 aliphatic heterocycles. The number of alkyl halides is 3. The van der Waals surface area contributed by atoms with Crippen LogP contribution in [0.3, 0.4) is 0 Å². The molecule has 1 amide bonds. The molecule has 1 atom stereocenters. The quantitative estimate of drug-likeness (QED) is 0.594. The number of sulfonamides is 1. The summed E-state index contributed by atoms with van der Waals surface area (Å²) in [6.07, 6.45) is -2.85. The number of hydrogen-bond acceptors (Lipinski definition) is 6. The maximum Gasteiger partial charge on any atom is 0.417 e. The number of ether oxygens (including phenoxy) is 1. The first-order chi connectivity index (χ1) is 14.3. The Hall–Kier alpha value is -2.86. The molecule has 0 fully saturated rings. The second kappa shape index (κ2) is 9.52. The Bertz CT molecular complexity index is 994. The van der Waals surface area contributed by atoms with E-state index in [2.05, 4.69) is 10.3 Å². The van der Waals surface area contributed by atoms with Gasteiger partial charge < -0.3 is 15.8 Å². The lowest BCUT2D eigenvalue weighted by atomic mass is 10.2. The molecular weight excluding hydrogens is 437 g/mol. The number of primary amides is 1. The van der Waals surface area contributed by atoms with Crippen molar-refractivity contribution in [1.29, 1.82) is 0 Å². The third kappa shape index (κ3) is 7.10. The van der Waals surface area contributed by atoms with Gasteiger partial charge in [-0.3, -0.25) is 9.10 Å². The van der Waals surface area contributed by atoms with E-state index in [1.54, 1.807) is 13.8 Å². The number of aromatic nitrogens is 1. The minimum Gasteiger partial charge on any atom is -0.439 e. The van der Waals surface area contributed by atoms with Gasteiger partial charge in [0.15, 0.2) is 0 Å². The summed E-state index contributed by atoms with van der Waals surface area (Å²) in [6, 6.07) is 6.64. The number of nitrogens with two attached hydrogens (primary N) is 1. The van der Waals surface area contributed by atoms with Crippen molar-refractivity contribution in [2.24, 2.45) is 5.73 Å². The smallest absolute Gasteiger partial charge is 0.417 e. The van der Waals surface area contributed by atoms with Crippen LogP contribution in [-0.4, -0.2) is 44.2 Å². The molecule has 2 aromatic rings. The number of anilines is 1. The van der Waals surface area contributed by atoms with Gasteiger partial charge in [-0.25, -0.2) is 13.4 Å². The van der Waals surface area contributed by atoms with Crippen molar-refractivity contribution in [2.75, 3.05) is 17.1 Å². The predicted octanol–water partition coefficient (Wildman–Crippen LogP) is 2.51. The van der Waals surface area contributed by atoms with Gasteiger partial charge in [-0.15, -0.1) is 0 Å². The van der Waals surface area contributed by atoms with Gasteiger partial charge in [0.25, 0.3) is 0 Å². The highest BCUT2D eigenvalue weighted by Crippen LogP contribution is 2.30. The maximum absolute atomic E-state index is 12.6. The fourth-order valence-corrected chi connectivity index (χ4v) is 3.56. The fraction of sp³-hybridized carbons (Fsp3) is 0.368. The molecule has 0 spiro atoms. The van der Waals surface area contributed by atoms with E-state index in [0.717, 1.165) is 22.7 Å². The van der Waals surface area contributed by atoms with Gasteiger partial charge in [0.05, 0.1) is 24.1 Å². The Morgan fingerprint density at radius 1 is 1.19 bits per heavy atom. The first-order valence-corrected chi connectivity index (χ1v) is 11.0. The van der Waals surface area contributed by atoms with Crippen LogP contribution in [0, 0.1) is 0 Å². The van der Waals surface area contributed by atoms with Crippen molar-refractivity contribution in [3.05, 3.63) is 48.2 Å². The second-order valence-corrected chi connectivity index (χ2v) is 8.96. The van der Waals surface area contributed by atoms with E-state index >= 15 is 0 Å². The normalized spacial score (nSPS) is 13.1. The topological polar surface area (TPSA) is 115 Å². The molecule has 1 aromatic heterocycles. The molecule has 0 radical (unpaired) electrons. The Morgan fingerprint density at radius 3 is 2.23 bits per heavy atom. The van der Waals surface area contributed by atoms with Crippen LogP contribution in [0.2, 0.25) is 0 Å². The van der Waals surface area contributed by atoms with Gasteiger partial charge in [-0.05, 0) is 30.3 Å². The summed E-state index contributed by atoms with van der Waals surface area (Å²) in [5.74, 6) is -0.525. The second-order valence-electron chi connectivity index (χ2n) is 7.05. The summed E-state index contributed by atoms with van der Waals surface area (Å²) >= 11 is 0. The monoisotopic (exact) mass is 460 g/mol. The standard InChI is InChI=1S/C19H23F3N4O4S/c1-12(2)25-16(18(23)27)11-26(31(3,28)29)14-5-7-15(8-6-14)30-17-9-4-13(10-24-17)19(20,21)22/h4-10,12,16,25H,11H2,1-3H3,(H2,23,27)/t16-/m0/s1. The van der Waals surface area contributed by atoms with Crippen LogP contribution in [0.15, 0.2) is 42.6 Å². The zero-order valence-corrected chi connectivity index (χ0v) is 17.9. The van der Waals surface area contributed by atoms with Gasteiger partial charge in [0.2, 0.25) is 21.8 Å². The van der Waals surface area contributed by atoms with Crippen LogP contribution >= 0.6 is 0 Å². The van der Waals surface area contributed by atoms with E-state index in [1.165, 1.54) is 24.3 Å². The first kappa shape index (κ1) is 24.4. The average molecular weight is 460 g/mol. The summed E-state index contributed by atoms with van der Waals surface area (Å²) in [5, 5.41) is 2.92. The summed E-state index contributed by atoms with van der Waals surface area (Å²) in [4.78, 5) is 15.3. The molecule has 0 saturated heterocycles. The number of nitrogens with zero attached hydrogens (tertiary/aromatic N) is 2. The largest absolute Gasteiger partial charge is 0.439 e. The number of rotatable bonds is 9. The Balaban J connectivity index is 2.20. The van der Waals surface area contributed by atoms with Gasteiger partial charge in [-0.2, -0.15) is 13.2 Å².